The van der Waals surface area contributed by atoms with E-state index in [4.69, 9.17) is 0 Å². The maximum absolute atomic E-state index is 14.6. The van der Waals surface area contributed by atoms with Crippen molar-refractivity contribution in [3.05, 3.63) is 57.6 Å². The van der Waals surface area contributed by atoms with Crippen LogP contribution in [0.3, 0.4) is 0 Å². The Morgan fingerprint density at radius 2 is 2.16 bits per heavy atom. The van der Waals surface area contributed by atoms with Gasteiger partial charge in [-0.15, -0.1) is 0 Å². The van der Waals surface area contributed by atoms with E-state index in [1.165, 1.54) is 7.05 Å². The predicted octanol–water partition coefficient (Wildman–Crippen LogP) is 0.942. The lowest BCUT2D eigenvalue weighted by atomic mass is 10.2. The van der Waals surface area contributed by atoms with Crippen molar-refractivity contribution in [3.63, 3.8) is 0 Å². The second kappa shape index (κ2) is 7.45. The molecule has 10 heteroatoms. The van der Waals surface area contributed by atoms with Crippen LogP contribution in [-0.4, -0.2) is 62.6 Å². The molecule has 0 spiro atoms. The minimum atomic E-state index is -0.611. The molecule has 0 bridgehead atoms. The SMILES string of the molecule is CCc1nn2cc(CN3CCN(c4ccc(C(=O)NC)nc4F)C4CC43)cc2[nH]c1=O. The number of anilines is 1. The summed E-state index contributed by atoms with van der Waals surface area (Å²) < 4.78 is 16.3. The molecule has 31 heavy (non-hydrogen) atoms. The second-order valence-electron chi connectivity index (χ2n) is 8.05. The number of nitrogens with one attached hydrogen (secondary N) is 2. The number of nitrogens with zero attached hydrogens (tertiary/aromatic N) is 5. The first-order valence-corrected chi connectivity index (χ1v) is 10.5. The standard InChI is InChI=1S/C21H24FN7O2/c1-3-13-21(31)25-18-8-12(11-29(18)26-13)10-27-6-7-28(17-9-16(17)27)15-5-4-14(20(30)23-2)24-19(15)22/h4-5,8,11,16-17H,3,6-7,9-10H2,1-2H3,(H,23,30)(H,25,31). The van der Waals surface area contributed by atoms with Crippen LogP contribution in [0.1, 0.15) is 35.1 Å². The van der Waals surface area contributed by atoms with Crippen LogP contribution in [0.15, 0.2) is 29.2 Å². The Bertz CT molecular complexity index is 1220. The molecule has 1 amide bonds. The van der Waals surface area contributed by atoms with E-state index < -0.39 is 11.9 Å². The lowest BCUT2D eigenvalue weighted by molar-refractivity contribution is 0.0957. The number of piperazine rings is 1. The van der Waals surface area contributed by atoms with E-state index in [9.17, 15) is 14.0 Å². The quantitative estimate of drug-likeness (QED) is 0.591. The number of hydrogen-bond donors (Lipinski definition) is 2. The average molecular weight is 425 g/mol. The minimum Gasteiger partial charge on any atom is -0.362 e. The van der Waals surface area contributed by atoms with Crippen molar-refractivity contribution in [2.24, 2.45) is 0 Å². The summed E-state index contributed by atoms with van der Waals surface area (Å²) in [6.45, 7) is 4.12. The van der Waals surface area contributed by atoms with Crippen molar-refractivity contribution in [1.29, 1.82) is 0 Å². The molecular weight excluding hydrogens is 401 g/mol. The molecule has 1 aliphatic heterocycles. The summed E-state index contributed by atoms with van der Waals surface area (Å²) in [5.74, 6) is -1.01. The second-order valence-corrected chi connectivity index (χ2v) is 8.05. The zero-order valence-electron chi connectivity index (χ0n) is 17.4. The third kappa shape index (κ3) is 3.46. The van der Waals surface area contributed by atoms with Crippen LogP contribution >= 0.6 is 0 Å². The van der Waals surface area contributed by atoms with Gasteiger partial charge in [-0.3, -0.25) is 14.5 Å². The molecule has 2 fully saturated rings. The molecule has 5 rings (SSSR count). The lowest BCUT2D eigenvalue weighted by Gasteiger charge is -2.35. The first kappa shape index (κ1) is 19.7. The number of amides is 1. The first-order valence-electron chi connectivity index (χ1n) is 10.5. The highest BCUT2D eigenvalue weighted by atomic mass is 19.1. The first-order chi connectivity index (χ1) is 15.0. The number of carbonyl (C=O) groups is 1. The monoisotopic (exact) mass is 425 g/mol. The van der Waals surface area contributed by atoms with E-state index in [2.05, 4.69) is 30.2 Å². The highest BCUT2D eigenvalue weighted by Crippen LogP contribution is 2.40. The van der Waals surface area contributed by atoms with Crippen LogP contribution in [0.25, 0.3) is 5.65 Å². The third-order valence-corrected chi connectivity index (χ3v) is 6.13. The number of halogens is 1. The number of rotatable bonds is 5. The molecule has 2 unspecified atom stereocenters. The van der Waals surface area contributed by atoms with Crippen LogP contribution in [0, 0.1) is 5.95 Å². The highest BCUT2D eigenvalue weighted by molar-refractivity contribution is 5.92. The molecule has 2 N–H and O–H groups in total. The van der Waals surface area contributed by atoms with E-state index in [0.717, 1.165) is 25.1 Å². The Hall–Kier alpha value is -3.27. The van der Waals surface area contributed by atoms with Crippen LogP contribution in [0.4, 0.5) is 10.1 Å². The summed E-state index contributed by atoms with van der Waals surface area (Å²) >= 11 is 0. The van der Waals surface area contributed by atoms with Crippen LogP contribution in [-0.2, 0) is 13.0 Å². The van der Waals surface area contributed by atoms with Gasteiger partial charge >= 0.3 is 0 Å². The van der Waals surface area contributed by atoms with E-state index in [-0.39, 0.29) is 17.3 Å². The van der Waals surface area contributed by atoms with E-state index in [0.29, 0.717) is 36.0 Å². The molecule has 0 radical (unpaired) electrons. The topological polar surface area (TPSA) is 98.6 Å². The molecule has 3 aromatic rings. The van der Waals surface area contributed by atoms with Crippen molar-refractivity contribution in [1.82, 2.24) is 29.8 Å². The fourth-order valence-electron chi connectivity index (χ4n) is 4.45. The molecule has 3 aromatic heterocycles. The number of carbonyl (C=O) groups excluding carboxylic acids is 1. The van der Waals surface area contributed by atoms with Gasteiger partial charge in [0.15, 0.2) is 0 Å². The van der Waals surface area contributed by atoms with Gasteiger partial charge in [-0.25, -0.2) is 9.50 Å². The van der Waals surface area contributed by atoms with Crippen molar-refractivity contribution in [2.45, 2.75) is 38.4 Å². The van der Waals surface area contributed by atoms with Gasteiger partial charge in [0.2, 0.25) is 5.95 Å². The molecule has 1 saturated heterocycles. The van der Waals surface area contributed by atoms with Gasteiger partial charge in [0, 0.05) is 45.0 Å². The van der Waals surface area contributed by atoms with Gasteiger partial charge in [-0.1, -0.05) is 6.92 Å². The predicted molar refractivity (Wildman–Crippen MR) is 113 cm³/mol. The summed E-state index contributed by atoms with van der Waals surface area (Å²) in [6, 6.07) is 5.74. The highest BCUT2D eigenvalue weighted by Gasteiger charge is 2.49. The number of H-pyrrole nitrogens is 1. The maximum Gasteiger partial charge on any atom is 0.273 e. The van der Waals surface area contributed by atoms with Gasteiger partial charge in [0.1, 0.15) is 17.0 Å². The fourth-order valence-corrected chi connectivity index (χ4v) is 4.45. The molecule has 1 aliphatic carbocycles. The lowest BCUT2D eigenvalue weighted by Crippen LogP contribution is -2.46. The van der Waals surface area contributed by atoms with E-state index >= 15 is 0 Å². The summed E-state index contributed by atoms with van der Waals surface area (Å²) in [5, 5.41) is 6.85. The van der Waals surface area contributed by atoms with Gasteiger partial charge in [0.05, 0.1) is 5.69 Å². The number of aromatic nitrogens is 4. The van der Waals surface area contributed by atoms with Crippen molar-refractivity contribution in [2.75, 3.05) is 25.0 Å². The van der Waals surface area contributed by atoms with Gasteiger partial charge in [0.25, 0.3) is 11.5 Å². The Kier molecular flexibility index (Phi) is 4.73. The molecule has 2 aliphatic rings. The molecule has 1 saturated carbocycles. The Morgan fingerprint density at radius 1 is 1.32 bits per heavy atom. The van der Waals surface area contributed by atoms with Crippen LogP contribution in [0.5, 0.6) is 0 Å². The molecular formula is C21H24FN7O2. The number of fused-ring (bicyclic) bond motifs is 2. The number of pyridine rings is 1. The van der Waals surface area contributed by atoms with Crippen molar-refractivity contribution >= 4 is 17.2 Å². The summed E-state index contributed by atoms with van der Waals surface area (Å²) in [7, 11) is 1.49. The zero-order chi connectivity index (χ0) is 21.7. The van der Waals surface area contributed by atoms with E-state index in [1.54, 1.807) is 16.6 Å². The summed E-state index contributed by atoms with van der Waals surface area (Å²) in [6.07, 6.45) is 3.49. The van der Waals surface area contributed by atoms with Crippen LogP contribution in [0.2, 0.25) is 0 Å². The van der Waals surface area contributed by atoms with Crippen molar-refractivity contribution < 1.29 is 9.18 Å². The molecule has 0 aromatic carbocycles. The number of hydrogen-bond acceptors (Lipinski definition) is 6. The zero-order valence-corrected chi connectivity index (χ0v) is 17.4. The Labute approximate surface area is 177 Å². The van der Waals surface area contributed by atoms with Crippen LogP contribution < -0.4 is 15.8 Å². The average Bonchev–Trinajstić information content (AvgIpc) is 3.48. The smallest absolute Gasteiger partial charge is 0.273 e. The van der Waals surface area contributed by atoms with Gasteiger partial charge in [-0.05, 0) is 36.6 Å². The number of aryl methyl sites for hydroxylation is 1. The molecule has 2 atom stereocenters. The Morgan fingerprint density at radius 3 is 2.90 bits per heavy atom. The Balaban J connectivity index is 1.30. The van der Waals surface area contributed by atoms with Gasteiger partial charge in [-0.2, -0.15) is 9.49 Å². The normalized spacial score (nSPS) is 20.7. The summed E-state index contributed by atoms with van der Waals surface area (Å²) in [5.41, 5.74) is 2.67. The largest absolute Gasteiger partial charge is 0.362 e. The maximum atomic E-state index is 14.6. The third-order valence-electron chi connectivity index (χ3n) is 6.13. The van der Waals surface area contributed by atoms with Gasteiger partial charge < -0.3 is 15.2 Å². The van der Waals surface area contributed by atoms with E-state index in [1.807, 2.05) is 19.2 Å². The summed E-state index contributed by atoms with van der Waals surface area (Å²) in [4.78, 5) is 34.8. The molecule has 9 nitrogen and oxygen atoms in total. The number of aromatic amines is 1. The van der Waals surface area contributed by atoms with Crippen molar-refractivity contribution in [3.8, 4) is 0 Å². The fraction of sp³-hybridized carbons (Fsp3) is 0.429. The minimum absolute atomic E-state index is 0.0772. The molecule has 162 valence electrons. The molecule has 4 heterocycles.